The van der Waals surface area contributed by atoms with Gasteiger partial charge in [0.2, 0.25) is 9.84 Å². The lowest BCUT2D eigenvalue weighted by atomic mass is 10.1. The van der Waals surface area contributed by atoms with Crippen LogP contribution in [-0.2, 0) is 14.6 Å². The minimum atomic E-state index is -4.02. The number of morpholine rings is 1. The van der Waals surface area contributed by atoms with E-state index in [1.165, 1.54) is 24.4 Å². The molecule has 0 amide bonds. The molecule has 2 heterocycles. The number of nitrogens with one attached hydrogen (secondary N) is 2. The Hall–Kier alpha value is -3.23. The first-order chi connectivity index (χ1) is 15.3. The molecule has 1 saturated heterocycles. The molecule has 3 aromatic rings. The van der Waals surface area contributed by atoms with E-state index in [1.54, 1.807) is 18.2 Å². The van der Waals surface area contributed by atoms with Gasteiger partial charge in [0.1, 0.15) is 4.90 Å². The van der Waals surface area contributed by atoms with E-state index in [1.807, 2.05) is 6.07 Å². The van der Waals surface area contributed by atoms with Crippen LogP contribution in [0.5, 0.6) is 0 Å². The van der Waals surface area contributed by atoms with Crippen molar-refractivity contribution in [3.8, 4) is 6.07 Å². The van der Waals surface area contributed by atoms with Gasteiger partial charge in [0.25, 0.3) is 0 Å². The third-order valence-electron chi connectivity index (χ3n) is 4.98. The molecule has 1 atom stereocenters. The number of hydrogen-bond donors (Lipinski definition) is 3. The monoisotopic (exact) mass is 472 g/mol. The van der Waals surface area contributed by atoms with Crippen LogP contribution in [-0.4, -0.2) is 49.6 Å². The Kier molecular flexibility index (Phi) is 5.99. The third kappa shape index (κ3) is 4.11. The van der Waals surface area contributed by atoms with Gasteiger partial charge in [-0.25, -0.2) is 13.2 Å². The average molecular weight is 473 g/mol. The predicted octanol–water partition coefficient (Wildman–Crippen LogP) is 2.92. The molecule has 0 saturated carbocycles. The summed E-state index contributed by atoms with van der Waals surface area (Å²) in [6.07, 6.45) is 1.22. The predicted molar refractivity (Wildman–Crippen MR) is 118 cm³/mol. The zero-order valence-corrected chi connectivity index (χ0v) is 18.1. The van der Waals surface area contributed by atoms with Crippen LogP contribution in [0.2, 0.25) is 5.02 Å². The second-order valence-electron chi connectivity index (χ2n) is 7.01. The molecular formula is C21H17ClN4O5S. The quantitative estimate of drug-likeness (QED) is 0.510. The Bertz CT molecular complexity index is 1360. The number of sulfone groups is 1. The van der Waals surface area contributed by atoms with Crippen molar-refractivity contribution in [2.24, 2.45) is 0 Å². The summed E-state index contributed by atoms with van der Waals surface area (Å²) in [6, 6.07) is 10.8. The summed E-state index contributed by atoms with van der Waals surface area (Å²) in [4.78, 5) is 15.9. The Morgan fingerprint density at radius 3 is 2.81 bits per heavy atom. The van der Waals surface area contributed by atoms with Gasteiger partial charge in [0.15, 0.2) is 5.44 Å². The fourth-order valence-electron chi connectivity index (χ4n) is 3.41. The lowest BCUT2D eigenvalue weighted by Crippen LogP contribution is -2.43. The number of carboxylic acid groups (broad SMARTS) is 1. The fraction of sp³-hybridized carbons (Fsp3) is 0.190. The number of carboxylic acids is 1. The first-order valence-electron chi connectivity index (χ1n) is 9.50. The Morgan fingerprint density at radius 1 is 1.31 bits per heavy atom. The first-order valence-corrected chi connectivity index (χ1v) is 11.4. The number of halogens is 1. The molecule has 2 aromatic carbocycles. The number of aromatic carboxylic acids is 1. The number of ether oxygens (including phenoxy) is 1. The zero-order chi connectivity index (χ0) is 22.9. The van der Waals surface area contributed by atoms with Crippen molar-refractivity contribution in [1.29, 1.82) is 5.26 Å². The van der Waals surface area contributed by atoms with E-state index >= 15 is 0 Å². The number of nitriles is 1. The number of pyridine rings is 1. The van der Waals surface area contributed by atoms with Gasteiger partial charge in [-0.05, 0) is 36.4 Å². The molecule has 164 valence electrons. The lowest BCUT2D eigenvalue weighted by Gasteiger charge is -2.25. The first kappa shape index (κ1) is 22.0. The summed E-state index contributed by atoms with van der Waals surface area (Å²) in [5.41, 5.74) is -0.457. The number of nitrogens with zero attached hydrogens (tertiary/aromatic N) is 2. The fourth-order valence-corrected chi connectivity index (χ4v) is 5.12. The SMILES string of the molecule is N#Cc1ccc(Nc2c(S(=O)(=O)C3CNCCO3)cnc3ccc(Cl)cc23)c(C(=O)O)c1. The van der Waals surface area contributed by atoms with Gasteiger partial charge in [0, 0.05) is 29.7 Å². The standard InChI is InChI=1S/C21H17ClN4O5S/c22-13-2-4-16-14(8-13)20(26-17-3-1-12(9-23)7-15(17)21(27)28)18(10-25-16)32(29,30)19-11-24-5-6-31-19/h1-4,7-8,10,19,24H,5-6,11H2,(H,25,26)(H,27,28). The van der Waals surface area contributed by atoms with E-state index < -0.39 is 21.2 Å². The molecule has 1 aliphatic heterocycles. The molecule has 32 heavy (non-hydrogen) atoms. The second kappa shape index (κ2) is 8.72. The number of aromatic nitrogens is 1. The summed E-state index contributed by atoms with van der Waals surface area (Å²) in [6.45, 7) is 0.876. The minimum absolute atomic E-state index is 0.104. The molecule has 1 aliphatic rings. The maximum atomic E-state index is 13.4. The maximum Gasteiger partial charge on any atom is 0.337 e. The number of anilines is 2. The van der Waals surface area contributed by atoms with Gasteiger partial charge < -0.3 is 20.5 Å². The molecule has 4 rings (SSSR count). The molecule has 3 N–H and O–H groups in total. The highest BCUT2D eigenvalue weighted by molar-refractivity contribution is 7.92. The summed E-state index contributed by atoms with van der Waals surface area (Å²) in [5, 5.41) is 25.4. The molecule has 11 heteroatoms. The topological polar surface area (TPSA) is 141 Å². The molecule has 0 aliphatic carbocycles. The molecule has 1 unspecified atom stereocenters. The van der Waals surface area contributed by atoms with Crippen molar-refractivity contribution >= 4 is 49.7 Å². The Morgan fingerprint density at radius 2 is 2.12 bits per heavy atom. The highest BCUT2D eigenvalue weighted by atomic mass is 35.5. The van der Waals surface area contributed by atoms with Crippen molar-refractivity contribution in [1.82, 2.24) is 10.3 Å². The number of fused-ring (bicyclic) bond motifs is 1. The summed E-state index contributed by atoms with van der Waals surface area (Å²) >= 11 is 6.16. The van der Waals surface area contributed by atoms with Gasteiger partial charge in [0.05, 0.1) is 40.7 Å². The van der Waals surface area contributed by atoms with Crippen LogP contribution in [0.4, 0.5) is 11.4 Å². The molecule has 0 spiro atoms. The number of hydrogen-bond acceptors (Lipinski definition) is 8. The van der Waals surface area contributed by atoms with E-state index in [-0.39, 0.29) is 40.5 Å². The van der Waals surface area contributed by atoms with E-state index in [0.717, 1.165) is 0 Å². The third-order valence-corrected chi connectivity index (χ3v) is 7.13. The van der Waals surface area contributed by atoms with Gasteiger partial charge in [-0.3, -0.25) is 4.98 Å². The summed E-state index contributed by atoms with van der Waals surface area (Å²) in [5.74, 6) is -1.27. The molecule has 0 bridgehead atoms. The number of benzene rings is 2. The van der Waals surface area contributed by atoms with Gasteiger partial charge in [-0.2, -0.15) is 5.26 Å². The normalized spacial score (nSPS) is 16.4. The highest BCUT2D eigenvalue weighted by Crippen LogP contribution is 2.36. The van der Waals surface area contributed by atoms with Crippen molar-refractivity contribution in [2.45, 2.75) is 10.3 Å². The number of rotatable bonds is 5. The van der Waals surface area contributed by atoms with E-state index in [4.69, 9.17) is 21.6 Å². The van der Waals surface area contributed by atoms with Crippen LogP contribution >= 0.6 is 11.6 Å². The van der Waals surface area contributed by atoms with Gasteiger partial charge in [-0.15, -0.1) is 0 Å². The smallest absolute Gasteiger partial charge is 0.337 e. The van der Waals surface area contributed by atoms with E-state index in [2.05, 4.69) is 15.6 Å². The van der Waals surface area contributed by atoms with Crippen molar-refractivity contribution in [2.75, 3.05) is 25.0 Å². The van der Waals surface area contributed by atoms with Gasteiger partial charge in [-0.1, -0.05) is 11.6 Å². The number of carbonyl (C=O) groups is 1. The van der Waals surface area contributed by atoms with E-state index in [9.17, 15) is 18.3 Å². The van der Waals surface area contributed by atoms with Gasteiger partial charge >= 0.3 is 5.97 Å². The summed E-state index contributed by atoms with van der Waals surface area (Å²) in [7, 11) is -4.02. The van der Waals surface area contributed by atoms with Crippen molar-refractivity contribution in [3.05, 3.63) is 58.7 Å². The maximum absolute atomic E-state index is 13.4. The van der Waals surface area contributed by atoms with Crippen molar-refractivity contribution < 1.29 is 23.1 Å². The van der Waals surface area contributed by atoms with Crippen LogP contribution in [0.3, 0.4) is 0 Å². The minimum Gasteiger partial charge on any atom is -0.478 e. The average Bonchev–Trinajstić information content (AvgIpc) is 2.80. The molecule has 0 radical (unpaired) electrons. The van der Waals surface area contributed by atoms with Crippen molar-refractivity contribution in [3.63, 3.8) is 0 Å². The van der Waals surface area contributed by atoms with Crippen LogP contribution in [0, 0.1) is 11.3 Å². The molecule has 9 nitrogen and oxygen atoms in total. The Balaban J connectivity index is 1.93. The molecule has 1 fully saturated rings. The highest BCUT2D eigenvalue weighted by Gasteiger charge is 2.33. The van der Waals surface area contributed by atoms with Crippen LogP contribution in [0.25, 0.3) is 10.9 Å². The molecular weight excluding hydrogens is 456 g/mol. The van der Waals surface area contributed by atoms with Crippen LogP contribution < -0.4 is 10.6 Å². The van der Waals surface area contributed by atoms with E-state index in [0.29, 0.717) is 22.5 Å². The Labute approximate surface area is 188 Å². The largest absolute Gasteiger partial charge is 0.478 e. The zero-order valence-electron chi connectivity index (χ0n) is 16.5. The summed E-state index contributed by atoms with van der Waals surface area (Å²) < 4.78 is 32.3. The van der Waals surface area contributed by atoms with Crippen LogP contribution in [0.15, 0.2) is 47.5 Å². The second-order valence-corrected chi connectivity index (χ2v) is 9.50. The lowest BCUT2D eigenvalue weighted by molar-refractivity contribution is 0.0698. The molecule has 1 aromatic heterocycles. The van der Waals surface area contributed by atoms with Crippen LogP contribution in [0.1, 0.15) is 15.9 Å².